The average molecular weight is 519 g/mol. The van der Waals surface area contributed by atoms with E-state index >= 15 is 0 Å². The van der Waals surface area contributed by atoms with Gasteiger partial charge in [-0.25, -0.2) is 17.6 Å². The van der Waals surface area contributed by atoms with Gasteiger partial charge in [-0.05, 0) is 37.8 Å². The molecule has 0 unspecified atom stereocenters. The lowest BCUT2D eigenvalue weighted by molar-refractivity contribution is -0.179. The molecule has 2 aromatic rings. The maximum absolute atomic E-state index is 14.9. The molecular weight excluding hydrogens is 494 g/mol. The minimum Gasteiger partial charge on any atom is -0.356 e. The molecule has 3 aliphatic heterocycles. The van der Waals surface area contributed by atoms with Crippen LogP contribution in [-0.4, -0.2) is 58.2 Å². The monoisotopic (exact) mass is 519 g/mol. The Balaban J connectivity index is 1.44. The van der Waals surface area contributed by atoms with Crippen LogP contribution in [0.5, 0.6) is 0 Å². The SMILES string of the molecule is N#C[C@@H](C[C@H]1CCNC1=O)NC(=O)[C@H]1[C@@H]2CC[C@@H](CC2(F)F)N1C(=O)c1cc2c(C(F)F)cccc2[nH]1. The van der Waals surface area contributed by atoms with E-state index in [2.05, 4.69) is 15.6 Å². The summed E-state index contributed by atoms with van der Waals surface area (Å²) in [6.07, 6.45) is -2.59. The van der Waals surface area contributed by atoms with Gasteiger partial charge in [0.1, 0.15) is 17.8 Å². The topological polar surface area (TPSA) is 118 Å². The number of aromatic nitrogens is 1. The van der Waals surface area contributed by atoms with Crippen molar-refractivity contribution in [1.29, 1.82) is 5.26 Å². The maximum atomic E-state index is 14.9. The zero-order valence-electron chi connectivity index (χ0n) is 19.6. The van der Waals surface area contributed by atoms with Crippen LogP contribution < -0.4 is 10.6 Å². The molecule has 1 aromatic heterocycles. The van der Waals surface area contributed by atoms with Crippen LogP contribution >= 0.6 is 0 Å². The van der Waals surface area contributed by atoms with E-state index < -0.39 is 60.5 Å². The number of hydrogen-bond donors (Lipinski definition) is 3. The van der Waals surface area contributed by atoms with Gasteiger partial charge >= 0.3 is 0 Å². The smallest absolute Gasteiger partial charge is 0.271 e. The lowest BCUT2D eigenvalue weighted by Gasteiger charge is -2.53. The normalized spacial score (nSPS) is 27.2. The Morgan fingerprint density at radius 3 is 2.68 bits per heavy atom. The fourth-order valence-corrected chi connectivity index (χ4v) is 5.98. The molecule has 1 aromatic carbocycles. The second kappa shape index (κ2) is 9.36. The van der Waals surface area contributed by atoms with E-state index in [0.29, 0.717) is 13.0 Å². The maximum Gasteiger partial charge on any atom is 0.271 e. The molecule has 6 rings (SSSR count). The highest BCUT2D eigenvalue weighted by Crippen LogP contribution is 2.49. The zero-order chi connectivity index (χ0) is 26.5. The Kier molecular flexibility index (Phi) is 6.33. The van der Waals surface area contributed by atoms with Gasteiger partial charge in [0, 0.05) is 41.4 Å². The van der Waals surface area contributed by atoms with Gasteiger partial charge in [0.15, 0.2) is 0 Å². The molecule has 3 saturated heterocycles. The summed E-state index contributed by atoms with van der Waals surface area (Å²) in [6.45, 7) is 0.453. The van der Waals surface area contributed by atoms with E-state index in [9.17, 15) is 37.2 Å². The van der Waals surface area contributed by atoms with Crippen molar-refractivity contribution in [2.24, 2.45) is 11.8 Å². The Bertz CT molecular complexity index is 1290. The second-order valence-corrected chi connectivity index (χ2v) is 9.95. The molecule has 0 radical (unpaired) electrons. The number of nitrogens with zero attached hydrogens (tertiary/aromatic N) is 2. The molecule has 0 spiro atoms. The van der Waals surface area contributed by atoms with E-state index in [-0.39, 0.29) is 47.3 Å². The lowest BCUT2D eigenvalue weighted by atomic mass is 9.71. The number of rotatable bonds is 6. The minimum absolute atomic E-state index is 0.0179. The number of amides is 3. The van der Waals surface area contributed by atoms with Crippen LogP contribution in [-0.2, 0) is 9.59 Å². The van der Waals surface area contributed by atoms with Crippen LogP contribution in [0.1, 0.15) is 54.6 Å². The summed E-state index contributed by atoms with van der Waals surface area (Å²) >= 11 is 0. The van der Waals surface area contributed by atoms with E-state index in [4.69, 9.17) is 0 Å². The third-order valence-corrected chi connectivity index (χ3v) is 7.76. The molecule has 12 heteroatoms. The molecule has 3 N–H and O–H groups in total. The molecule has 196 valence electrons. The average Bonchev–Trinajstić information content (AvgIpc) is 3.47. The first kappa shape index (κ1) is 25.0. The zero-order valence-corrected chi connectivity index (χ0v) is 19.6. The van der Waals surface area contributed by atoms with Crippen molar-refractivity contribution in [3.05, 3.63) is 35.5 Å². The Morgan fingerprint density at radius 2 is 2.03 bits per heavy atom. The molecule has 5 atom stereocenters. The second-order valence-electron chi connectivity index (χ2n) is 9.95. The molecule has 37 heavy (non-hydrogen) atoms. The fraction of sp³-hybridized carbons (Fsp3) is 0.520. The summed E-state index contributed by atoms with van der Waals surface area (Å²) < 4.78 is 56.8. The molecule has 4 aliphatic rings. The summed E-state index contributed by atoms with van der Waals surface area (Å²) in [5, 5.41) is 14.8. The number of hydrogen-bond acceptors (Lipinski definition) is 4. The Labute approximate surface area is 209 Å². The van der Waals surface area contributed by atoms with Crippen LogP contribution in [0, 0.1) is 23.2 Å². The van der Waals surface area contributed by atoms with E-state index in [1.165, 1.54) is 24.3 Å². The lowest BCUT2D eigenvalue weighted by Crippen LogP contribution is -2.68. The van der Waals surface area contributed by atoms with Crippen molar-refractivity contribution in [3.63, 3.8) is 0 Å². The van der Waals surface area contributed by atoms with Crippen LogP contribution in [0.3, 0.4) is 0 Å². The first-order chi connectivity index (χ1) is 17.6. The summed E-state index contributed by atoms with van der Waals surface area (Å²) in [5.74, 6) is -7.02. The number of benzene rings is 1. The highest BCUT2D eigenvalue weighted by Gasteiger charge is 2.60. The summed E-state index contributed by atoms with van der Waals surface area (Å²) in [4.78, 5) is 42.8. The minimum atomic E-state index is -3.20. The Morgan fingerprint density at radius 1 is 1.24 bits per heavy atom. The first-order valence-corrected chi connectivity index (χ1v) is 12.2. The molecule has 2 bridgehead atoms. The predicted octanol–water partition coefficient (Wildman–Crippen LogP) is 3.27. The number of halogens is 4. The summed E-state index contributed by atoms with van der Waals surface area (Å²) in [6, 6.07) is 3.75. The van der Waals surface area contributed by atoms with Gasteiger partial charge in [0.05, 0.1) is 12.0 Å². The van der Waals surface area contributed by atoms with Crippen LogP contribution in [0.2, 0.25) is 0 Å². The number of H-pyrrole nitrogens is 1. The number of alkyl halides is 4. The fourth-order valence-electron chi connectivity index (χ4n) is 5.98. The van der Waals surface area contributed by atoms with Crippen molar-refractivity contribution in [2.45, 2.75) is 62.6 Å². The number of carbonyl (C=O) groups is 3. The number of carbonyl (C=O) groups excluding carboxylic acids is 3. The third kappa shape index (κ3) is 4.40. The van der Waals surface area contributed by atoms with Gasteiger partial charge in [-0.1, -0.05) is 12.1 Å². The highest BCUT2D eigenvalue weighted by molar-refractivity contribution is 6.01. The number of fused-ring (bicyclic) bond motifs is 4. The highest BCUT2D eigenvalue weighted by atomic mass is 19.3. The molecular formula is C25H25F4N5O3. The quantitative estimate of drug-likeness (QED) is 0.508. The number of aromatic amines is 1. The van der Waals surface area contributed by atoms with E-state index in [1.54, 1.807) is 0 Å². The van der Waals surface area contributed by atoms with Crippen molar-refractivity contribution >= 4 is 28.6 Å². The van der Waals surface area contributed by atoms with Gasteiger partial charge in [0.2, 0.25) is 11.8 Å². The summed E-state index contributed by atoms with van der Waals surface area (Å²) in [7, 11) is 0. The van der Waals surface area contributed by atoms with Crippen LogP contribution in [0.15, 0.2) is 24.3 Å². The predicted molar refractivity (Wildman–Crippen MR) is 123 cm³/mol. The van der Waals surface area contributed by atoms with Gasteiger partial charge in [0.25, 0.3) is 18.3 Å². The molecule has 3 amide bonds. The number of nitrogens with one attached hydrogen (secondary N) is 3. The van der Waals surface area contributed by atoms with Crippen molar-refractivity contribution in [2.75, 3.05) is 6.54 Å². The van der Waals surface area contributed by atoms with Gasteiger partial charge in [-0.15, -0.1) is 0 Å². The molecule has 4 heterocycles. The molecule has 1 aliphatic carbocycles. The van der Waals surface area contributed by atoms with Crippen molar-refractivity contribution < 1.29 is 31.9 Å². The van der Waals surface area contributed by atoms with Gasteiger partial charge in [-0.2, -0.15) is 5.26 Å². The third-order valence-electron chi connectivity index (χ3n) is 7.76. The number of nitriles is 1. The van der Waals surface area contributed by atoms with E-state index in [0.717, 1.165) is 4.90 Å². The van der Waals surface area contributed by atoms with Crippen molar-refractivity contribution in [1.82, 2.24) is 20.5 Å². The van der Waals surface area contributed by atoms with Crippen LogP contribution in [0.4, 0.5) is 17.6 Å². The van der Waals surface area contributed by atoms with Gasteiger partial charge < -0.3 is 20.5 Å². The molecule has 8 nitrogen and oxygen atoms in total. The van der Waals surface area contributed by atoms with Crippen LogP contribution in [0.25, 0.3) is 10.9 Å². The standard InChI is InChI=1S/C25H25F4N5O3/c26-21(27)15-2-1-3-18-16(15)9-19(33-18)24(37)34-14-4-5-17(25(28,29)10-14)20(34)23(36)32-13(11-30)8-12-6-7-31-22(12)35/h1-3,9,12-14,17,20-21,33H,4-8,10H2,(H,31,35)(H,32,36)/t12-,13-,14+,17+,20-/m1/s1. The largest absolute Gasteiger partial charge is 0.356 e. The first-order valence-electron chi connectivity index (χ1n) is 12.2. The number of piperidine rings is 2. The molecule has 4 fully saturated rings. The Hall–Kier alpha value is -3.62. The van der Waals surface area contributed by atoms with E-state index in [1.807, 2.05) is 6.07 Å². The van der Waals surface area contributed by atoms with Gasteiger partial charge in [-0.3, -0.25) is 14.4 Å². The van der Waals surface area contributed by atoms with Crippen molar-refractivity contribution in [3.8, 4) is 6.07 Å². The summed E-state index contributed by atoms with van der Waals surface area (Å²) in [5.41, 5.74) is -0.0770. The molecule has 1 saturated carbocycles.